The van der Waals surface area contributed by atoms with E-state index in [0.29, 0.717) is 31.4 Å². The average molecular weight is 304 g/mol. The number of piperidine rings is 1. The molecule has 2 heterocycles. The summed E-state index contributed by atoms with van der Waals surface area (Å²) in [5, 5.41) is 2.58. The normalized spacial score (nSPS) is 19.7. The van der Waals surface area contributed by atoms with Crippen LogP contribution in [0.25, 0.3) is 0 Å². The van der Waals surface area contributed by atoms with Crippen LogP contribution in [0.4, 0.5) is 24.9 Å². The van der Waals surface area contributed by atoms with Crippen molar-refractivity contribution in [1.82, 2.24) is 9.97 Å². The molecule has 0 aliphatic carbocycles. The topological polar surface area (TPSA) is 50.3 Å². The molecule has 1 saturated heterocycles. The van der Waals surface area contributed by atoms with E-state index in [1.807, 2.05) is 4.90 Å². The van der Waals surface area contributed by atoms with Crippen molar-refractivity contribution in [2.75, 3.05) is 44.1 Å². The van der Waals surface area contributed by atoms with E-state index in [9.17, 15) is 13.2 Å². The molecule has 118 valence electrons. The van der Waals surface area contributed by atoms with Gasteiger partial charge in [-0.25, -0.2) is 4.98 Å². The lowest BCUT2D eigenvalue weighted by Crippen LogP contribution is -2.38. The van der Waals surface area contributed by atoms with Crippen molar-refractivity contribution < 1.29 is 17.9 Å². The number of hydrogen-bond acceptors (Lipinski definition) is 5. The van der Waals surface area contributed by atoms with Crippen LogP contribution in [0.3, 0.4) is 0 Å². The average Bonchev–Trinajstić information content (AvgIpc) is 2.46. The molecule has 0 bridgehead atoms. The summed E-state index contributed by atoms with van der Waals surface area (Å²) in [5.41, 5.74) is -0.925. The van der Waals surface area contributed by atoms with Crippen LogP contribution in [0.1, 0.15) is 18.5 Å². The molecule has 1 fully saturated rings. The summed E-state index contributed by atoms with van der Waals surface area (Å²) in [6.45, 7) is 1.94. The second-order valence-electron chi connectivity index (χ2n) is 5.09. The Bertz CT molecular complexity index is 479. The fourth-order valence-electron chi connectivity index (χ4n) is 2.50. The van der Waals surface area contributed by atoms with Gasteiger partial charge in [0.05, 0.1) is 6.61 Å². The molecule has 1 atom stereocenters. The zero-order valence-corrected chi connectivity index (χ0v) is 12.1. The monoisotopic (exact) mass is 304 g/mol. The van der Waals surface area contributed by atoms with Crippen LogP contribution in [-0.2, 0) is 10.9 Å². The molecule has 5 nitrogen and oxygen atoms in total. The first-order chi connectivity index (χ1) is 9.94. The van der Waals surface area contributed by atoms with Crippen LogP contribution in [0, 0.1) is 5.92 Å². The highest BCUT2D eigenvalue weighted by molar-refractivity contribution is 5.45. The van der Waals surface area contributed by atoms with E-state index in [4.69, 9.17) is 4.74 Å². The molecule has 0 spiro atoms. The third kappa shape index (κ3) is 3.96. The highest BCUT2D eigenvalue weighted by atomic mass is 19.4. The summed E-state index contributed by atoms with van der Waals surface area (Å²) < 4.78 is 43.8. The summed E-state index contributed by atoms with van der Waals surface area (Å²) in [4.78, 5) is 9.49. The predicted molar refractivity (Wildman–Crippen MR) is 73.4 cm³/mol. The summed E-state index contributed by atoms with van der Waals surface area (Å²) in [5.74, 6) is 0.599. The van der Waals surface area contributed by atoms with E-state index in [2.05, 4.69) is 15.3 Å². The van der Waals surface area contributed by atoms with Gasteiger partial charge in [0.25, 0.3) is 0 Å². The minimum absolute atomic E-state index is 0.0197. The first-order valence-electron chi connectivity index (χ1n) is 6.82. The summed E-state index contributed by atoms with van der Waals surface area (Å²) in [7, 11) is 3.13. The van der Waals surface area contributed by atoms with E-state index in [-0.39, 0.29) is 5.95 Å². The fraction of sp³-hybridized carbons (Fsp3) is 0.692. The maximum absolute atomic E-state index is 12.9. The van der Waals surface area contributed by atoms with Crippen molar-refractivity contribution in [2.45, 2.75) is 19.0 Å². The van der Waals surface area contributed by atoms with Gasteiger partial charge in [0.1, 0.15) is 5.82 Å². The van der Waals surface area contributed by atoms with E-state index < -0.39 is 11.9 Å². The molecule has 1 aliphatic heterocycles. The quantitative estimate of drug-likeness (QED) is 0.925. The maximum atomic E-state index is 12.9. The van der Waals surface area contributed by atoms with Crippen molar-refractivity contribution in [3.8, 4) is 0 Å². The van der Waals surface area contributed by atoms with Gasteiger partial charge in [0.2, 0.25) is 5.95 Å². The Morgan fingerprint density at radius 2 is 2.19 bits per heavy atom. The number of alkyl halides is 3. The van der Waals surface area contributed by atoms with Crippen LogP contribution < -0.4 is 10.2 Å². The molecule has 1 unspecified atom stereocenters. The van der Waals surface area contributed by atoms with Crippen molar-refractivity contribution >= 4 is 11.8 Å². The van der Waals surface area contributed by atoms with Gasteiger partial charge in [-0.3, -0.25) is 0 Å². The fourth-order valence-corrected chi connectivity index (χ4v) is 2.50. The molecule has 2 rings (SSSR count). The van der Waals surface area contributed by atoms with Crippen LogP contribution in [0.5, 0.6) is 0 Å². The number of halogens is 3. The van der Waals surface area contributed by atoms with Gasteiger partial charge in [0, 0.05) is 33.3 Å². The number of nitrogens with one attached hydrogen (secondary N) is 1. The Labute approximate surface area is 121 Å². The molecule has 1 aromatic heterocycles. The number of ether oxygens (including phenoxy) is 1. The third-order valence-electron chi connectivity index (χ3n) is 3.47. The van der Waals surface area contributed by atoms with Crippen LogP contribution in [0.2, 0.25) is 0 Å². The molecular formula is C13H19F3N4O. The molecule has 8 heteroatoms. The zero-order valence-electron chi connectivity index (χ0n) is 12.1. The van der Waals surface area contributed by atoms with Gasteiger partial charge in [-0.1, -0.05) is 0 Å². The van der Waals surface area contributed by atoms with Gasteiger partial charge in [-0.05, 0) is 18.8 Å². The third-order valence-corrected chi connectivity index (χ3v) is 3.47. The van der Waals surface area contributed by atoms with E-state index in [1.54, 1.807) is 7.11 Å². The molecular weight excluding hydrogens is 285 g/mol. The zero-order chi connectivity index (χ0) is 15.5. The van der Waals surface area contributed by atoms with Crippen molar-refractivity contribution in [3.63, 3.8) is 0 Å². The highest BCUT2D eigenvalue weighted by Gasteiger charge is 2.34. The van der Waals surface area contributed by atoms with Gasteiger partial charge in [-0.2, -0.15) is 18.2 Å². The van der Waals surface area contributed by atoms with Crippen molar-refractivity contribution in [3.05, 3.63) is 11.8 Å². The van der Waals surface area contributed by atoms with Gasteiger partial charge >= 0.3 is 6.18 Å². The number of methoxy groups -OCH3 is 1. The highest BCUT2D eigenvalue weighted by Crippen LogP contribution is 2.31. The second-order valence-corrected chi connectivity index (χ2v) is 5.09. The van der Waals surface area contributed by atoms with Gasteiger partial charge in [-0.15, -0.1) is 0 Å². The van der Waals surface area contributed by atoms with Crippen molar-refractivity contribution in [1.29, 1.82) is 0 Å². The molecule has 21 heavy (non-hydrogen) atoms. The second kappa shape index (κ2) is 6.46. The standard InChI is InChI=1S/C13H19F3N4O/c1-17-12-18-10(13(14,15)16)6-11(19-12)20-5-3-4-9(7-20)8-21-2/h6,9H,3-5,7-8H2,1-2H3,(H,17,18,19). The van der Waals surface area contributed by atoms with Gasteiger partial charge < -0.3 is 15.0 Å². The van der Waals surface area contributed by atoms with Gasteiger partial charge in [0.15, 0.2) is 5.69 Å². The Morgan fingerprint density at radius 1 is 1.43 bits per heavy atom. The van der Waals surface area contributed by atoms with Crippen LogP contribution in [-0.4, -0.2) is 43.8 Å². The Hall–Kier alpha value is -1.57. The lowest BCUT2D eigenvalue weighted by molar-refractivity contribution is -0.141. The summed E-state index contributed by atoms with van der Waals surface area (Å²) in [6.07, 6.45) is -2.56. The lowest BCUT2D eigenvalue weighted by Gasteiger charge is -2.33. The predicted octanol–water partition coefficient (Wildman–Crippen LogP) is 2.40. The first-order valence-corrected chi connectivity index (χ1v) is 6.82. The molecule has 0 aromatic carbocycles. The Morgan fingerprint density at radius 3 is 2.81 bits per heavy atom. The number of nitrogens with zero attached hydrogens (tertiary/aromatic N) is 3. The van der Waals surface area contributed by atoms with Crippen molar-refractivity contribution in [2.24, 2.45) is 5.92 Å². The SMILES string of the molecule is CNc1nc(N2CCCC(COC)C2)cc(C(F)(F)F)n1. The number of aromatic nitrogens is 2. The number of anilines is 2. The smallest absolute Gasteiger partial charge is 0.384 e. The molecule has 0 saturated carbocycles. The van der Waals surface area contributed by atoms with Crippen LogP contribution >= 0.6 is 0 Å². The number of rotatable bonds is 4. The molecule has 0 radical (unpaired) electrons. The van der Waals surface area contributed by atoms with E-state index in [1.165, 1.54) is 7.05 Å². The largest absolute Gasteiger partial charge is 0.433 e. The molecule has 1 aliphatic rings. The minimum atomic E-state index is -4.48. The molecule has 1 N–H and O–H groups in total. The summed E-state index contributed by atoms with van der Waals surface area (Å²) in [6, 6.07) is 1.01. The van der Waals surface area contributed by atoms with E-state index >= 15 is 0 Å². The maximum Gasteiger partial charge on any atom is 0.433 e. The molecule has 1 aromatic rings. The number of hydrogen-bond donors (Lipinski definition) is 1. The first kappa shape index (κ1) is 15.8. The van der Waals surface area contributed by atoms with E-state index in [0.717, 1.165) is 18.9 Å². The van der Waals surface area contributed by atoms with Crippen LogP contribution in [0.15, 0.2) is 6.07 Å². The minimum Gasteiger partial charge on any atom is -0.384 e. The molecule has 0 amide bonds. The Balaban J connectivity index is 2.25. The Kier molecular flexibility index (Phi) is 4.87. The summed E-state index contributed by atoms with van der Waals surface area (Å²) >= 11 is 0. The lowest BCUT2D eigenvalue weighted by atomic mass is 9.99.